The van der Waals surface area contributed by atoms with Crippen LogP contribution in [0, 0.1) is 0 Å². The van der Waals surface area contributed by atoms with Crippen LogP contribution in [-0.2, 0) is 11.2 Å². The van der Waals surface area contributed by atoms with Crippen molar-refractivity contribution >= 4 is 7.82 Å². The summed E-state index contributed by atoms with van der Waals surface area (Å²) in [4.78, 5) is 18.5. The van der Waals surface area contributed by atoms with E-state index in [1.807, 2.05) is 0 Å². The fraction of sp³-hybridized carbons (Fsp3) is 0.143. The molecule has 1 aromatic carbocycles. The van der Waals surface area contributed by atoms with Crippen molar-refractivity contribution in [3.05, 3.63) is 29.8 Å². The number of hydrogen-bond acceptors (Lipinski definition) is 3. The predicted octanol–water partition coefficient (Wildman–Crippen LogP) is -2.00. The van der Waals surface area contributed by atoms with Gasteiger partial charge in [0, 0.05) is 0 Å². The normalized spacial score (nSPS) is 13.9. The summed E-state index contributed by atoms with van der Waals surface area (Å²) in [6.07, 6.45) is 0. The Labute approximate surface area is 103 Å². The maximum atomic E-state index is 12.0. The molecule has 1 atom stereocenters. The molecule has 14 heavy (non-hydrogen) atoms. The Balaban J connectivity index is 0.00000169. The molecule has 4 nitrogen and oxygen atoms in total. The zero-order valence-electron chi connectivity index (χ0n) is 7.51. The quantitative estimate of drug-likeness (QED) is 0.480. The molecular weight excluding hydrogens is 221 g/mol. The topological polar surface area (TPSA) is 69.6 Å². The van der Waals surface area contributed by atoms with Crippen molar-refractivity contribution in [2.75, 3.05) is 0 Å². The number of benzene rings is 1. The van der Waals surface area contributed by atoms with Crippen molar-refractivity contribution < 1.29 is 52.8 Å². The number of alkyl halides is 1. The van der Waals surface area contributed by atoms with Gasteiger partial charge in [0.1, 0.15) is 12.4 Å². The first-order valence-corrected chi connectivity index (χ1v) is 4.89. The molecular formula is C7H7FNaO4P. The summed E-state index contributed by atoms with van der Waals surface area (Å²) in [5.41, 5.74) is 0.408. The average molecular weight is 228 g/mol. The minimum absolute atomic E-state index is 0. The van der Waals surface area contributed by atoms with Crippen molar-refractivity contribution in [3.8, 4) is 5.75 Å². The van der Waals surface area contributed by atoms with Crippen LogP contribution in [0.2, 0.25) is 0 Å². The molecule has 0 aliphatic rings. The molecule has 1 unspecified atom stereocenters. The van der Waals surface area contributed by atoms with E-state index < -0.39 is 14.5 Å². The largest absolute Gasteiger partial charge is 1.00 e. The van der Waals surface area contributed by atoms with Gasteiger partial charge >= 0.3 is 37.4 Å². The van der Waals surface area contributed by atoms with E-state index in [9.17, 15) is 13.8 Å². The van der Waals surface area contributed by atoms with E-state index in [1.165, 1.54) is 24.3 Å². The van der Waals surface area contributed by atoms with Crippen molar-refractivity contribution in [3.63, 3.8) is 0 Å². The molecule has 72 valence electrons. The summed E-state index contributed by atoms with van der Waals surface area (Å²) < 4.78 is 26.4. The van der Waals surface area contributed by atoms with E-state index in [0.29, 0.717) is 5.56 Å². The van der Waals surface area contributed by atoms with E-state index in [-0.39, 0.29) is 35.3 Å². The Kier molecular flexibility index (Phi) is 5.90. The van der Waals surface area contributed by atoms with Crippen LogP contribution in [0.5, 0.6) is 5.75 Å². The first-order valence-electron chi connectivity index (χ1n) is 3.39. The van der Waals surface area contributed by atoms with Crippen LogP contribution in [0.15, 0.2) is 24.3 Å². The number of hydrogen-bond donors (Lipinski definition) is 1. The number of rotatable bonds is 3. The third kappa shape index (κ3) is 5.10. The van der Waals surface area contributed by atoms with Crippen LogP contribution in [-0.4, -0.2) is 4.89 Å². The van der Waals surface area contributed by atoms with E-state index in [2.05, 4.69) is 4.52 Å². The van der Waals surface area contributed by atoms with Gasteiger partial charge in [-0.05, 0) is 17.7 Å². The third-order valence-corrected chi connectivity index (χ3v) is 1.74. The molecule has 0 aliphatic heterocycles. The first kappa shape index (κ1) is 14.1. The molecule has 0 aromatic heterocycles. The van der Waals surface area contributed by atoms with Crippen LogP contribution in [0.25, 0.3) is 0 Å². The molecule has 0 amide bonds. The van der Waals surface area contributed by atoms with Gasteiger partial charge < -0.3 is 14.3 Å². The molecule has 7 heteroatoms. The van der Waals surface area contributed by atoms with Gasteiger partial charge in [0.2, 0.25) is 0 Å². The molecule has 0 saturated heterocycles. The smallest absolute Gasteiger partial charge is 0.746 e. The summed E-state index contributed by atoms with van der Waals surface area (Å²) >= 11 is 0. The minimum atomic E-state index is -4.75. The van der Waals surface area contributed by atoms with E-state index >= 15 is 0 Å². The van der Waals surface area contributed by atoms with Gasteiger partial charge in [0.15, 0.2) is 0 Å². The minimum Gasteiger partial charge on any atom is -0.746 e. The second-order valence-corrected chi connectivity index (χ2v) is 3.46. The van der Waals surface area contributed by atoms with Crippen molar-refractivity contribution in [2.24, 2.45) is 0 Å². The van der Waals surface area contributed by atoms with Gasteiger partial charge in [0.25, 0.3) is 0 Å². The van der Waals surface area contributed by atoms with Gasteiger partial charge in [-0.15, -0.1) is 0 Å². The zero-order chi connectivity index (χ0) is 9.90. The van der Waals surface area contributed by atoms with Gasteiger partial charge in [-0.1, -0.05) is 12.1 Å². The monoisotopic (exact) mass is 228 g/mol. The number of phosphoric ester groups is 1. The SMILES string of the molecule is O=P([O-])(O)Oc1ccc(CF)cc1.[Na+]. The first-order chi connectivity index (χ1) is 6.01. The second kappa shape index (κ2) is 5.85. The maximum Gasteiger partial charge on any atom is 1.00 e. The fourth-order valence-corrected chi connectivity index (χ4v) is 1.16. The summed E-state index contributed by atoms with van der Waals surface area (Å²) in [6, 6.07) is 5.25. The van der Waals surface area contributed by atoms with Crippen LogP contribution in [0.1, 0.15) is 5.56 Å². The van der Waals surface area contributed by atoms with E-state index in [4.69, 9.17) is 4.89 Å². The number of halogens is 1. The summed E-state index contributed by atoms with van der Waals surface area (Å²) in [5.74, 6) is -0.0435. The Morgan fingerprint density at radius 2 is 1.93 bits per heavy atom. The van der Waals surface area contributed by atoms with Crippen LogP contribution >= 0.6 is 7.82 Å². The molecule has 1 aromatic rings. The van der Waals surface area contributed by atoms with Gasteiger partial charge in [-0.3, -0.25) is 4.57 Å². The van der Waals surface area contributed by atoms with E-state index in [0.717, 1.165) is 0 Å². The molecule has 0 saturated carbocycles. The van der Waals surface area contributed by atoms with Crippen LogP contribution in [0.4, 0.5) is 4.39 Å². The Morgan fingerprint density at radius 1 is 1.43 bits per heavy atom. The molecule has 0 aliphatic carbocycles. The Hall–Kier alpha value is 0.1000. The van der Waals surface area contributed by atoms with Gasteiger partial charge in [0.05, 0.1) is 0 Å². The number of phosphoric acid groups is 1. The van der Waals surface area contributed by atoms with Crippen molar-refractivity contribution in [1.82, 2.24) is 0 Å². The van der Waals surface area contributed by atoms with Gasteiger partial charge in [-0.25, -0.2) is 4.39 Å². The molecule has 0 radical (unpaired) electrons. The molecule has 0 fully saturated rings. The summed E-state index contributed by atoms with van der Waals surface area (Å²) in [7, 11) is -4.75. The fourth-order valence-electron chi connectivity index (χ4n) is 0.773. The molecule has 0 bridgehead atoms. The third-order valence-electron chi connectivity index (χ3n) is 1.30. The molecule has 1 N–H and O–H groups in total. The maximum absolute atomic E-state index is 12.0. The molecule has 0 spiro atoms. The average Bonchev–Trinajstić information content (AvgIpc) is 2.03. The van der Waals surface area contributed by atoms with Crippen molar-refractivity contribution in [2.45, 2.75) is 6.67 Å². The zero-order valence-corrected chi connectivity index (χ0v) is 10.4. The summed E-state index contributed by atoms with van der Waals surface area (Å²) in [5, 5.41) is 0. The van der Waals surface area contributed by atoms with Gasteiger partial charge in [-0.2, -0.15) is 0 Å². The Bertz CT molecular complexity index is 323. The van der Waals surface area contributed by atoms with Crippen LogP contribution in [0.3, 0.4) is 0 Å². The Morgan fingerprint density at radius 3 is 2.29 bits per heavy atom. The standard InChI is InChI=1S/C7H8FO4P.Na/c8-5-6-1-3-7(4-2-6)12-13(9,10)11;/h1-4H,5H2,(H2,9,10,11);/q;+1/p-1. The predicted molar refractivity (Wildman–Crippen MR) is 41.7 cm³/mol. The second-order valence-electron chi connectivity index (χ2n) is 2.34. The van der Waals surface area contributed by atoms with Crippen molar-refractivity contribution in [1.29, 1.82) is 0 Å². The van der Waals surface area contributed by atoms with Crippen LogP contribution < -0.4 is 39.0 Å². The summed E-state index contributed by atoms with van der Waals surface area (Å²) in [6.45, 7) is -0.631. The molecule has 1 rings (SSSR count). The molecule has 0 heterocycles. The van der Waals surface area contributed by atoms with E-state index in [1.54, 1.807) is 0 Å².